The van der Waals surface area contributed by atoms with Crippen LogP contribution in [0.3, 0.4) is 0 Å². The van der Waals surface area contributed by atoms with Crippen molar-refractivity contribution in [3.05, 3.63) is 89.5 Å². The van der Waals surface area contributed by atoms with Gasteiger partial charge in [0.1, 0.15) is 18.7 Å². The number of benzene rings is 3. The molecule has 0 aromatic heterocycles. The van der Waals surface area contributed by atoms with Crippen LogP contribution in [0.25, 0.3) is 11.1 Å². The van der Waals surface area contributed by atoms with Crippen LogP contribution in [-0.2, 0) is 20.9 Å². The fourth-order valence-electron chi connectivity index (χ4n) is 4.23. The highest BCUT2D eigenvalue weighted by atomic mass is 16.5. The third-order valence-electron chi connectivity index (χ3n) is 6.23. The second-order valence-corrected chi connectivity index (χ2v) is 8.77. The number of fused-ring (bicyclic) bond motifs is 3. The number of alkyl carbamates (subject to hydrolysis) is 1. The number of carbonyl (C=O) groups is 3. The second kappa shape index (κ2) is 11.0. The lowest BCUT2D eigenvalue weighted by Gasteiger charge is -2.19. The van der Waals surface area contributed by atoms with Crippen LogP contribution in [0.15, 0.2) is 72.8 Å². The maximum atomic E-state index is 12.5. The zero-order valence-corrected chi connectivity index (χ0v) is 20.2. The third-order valence-corrected chi connectivity index (χ3v) is 6.23. The van der Waals surface area contributed by atoms with Gasteiger partial charge in [-0.2, -0.15) is 0 Å². The summed E-state index contributed by atoms with van der Waals surface area (Å²) in [5, 5.41) is 16.9. The number of anilines is 1. The van der Waals surface area contributed by atoms with Crippen LogP contribution in [0.4, 0.5) is 10.5 Å². The highest BCUT2D eigenvalue weighted by molar-refractivity contribution is 5.97. The van der Waals surface area contributed by atoms with Gasteiger partial charge in [0, 0.05) is 11.6 Å². The van der Waals surface area contributed by atoms with E-state index in [1.165, 1.54) is 6.92 Å². The maximum Gasteiger partial charge on any atom is 0.407 e. The first-order valence-electron chi connectivity index (χ1n) is 11.8. The molecule has 0 aliphatic heterocycles. The Morgan fingerprint density at radius 3 is 1.94 bits per heavy atom. The smallest absolute Gasteiger partial charge is 0.407 e. The van der Waals surface area contributed by atoms with Gasteiger partial charge >= 0.3 is 6.09 Å². The van der Waals surface area contributed by atoms with Gasteiger partial charge in [-0.3, -0.25) is 9.59 Å². The van der Waals surface area contributed by atoms with Crippen LogP contribution < -0.4 is 16.0 Å². The van der Waals surface area contributed by atoms with Gasteiger partial charge in [0.25, 0.3) is 0 Å². The van der Waals surface area contributed by atoms with Gasteiger partial charge in [0.05, 0.1) is 6.61 Å². The second-order valence-electron chi connectivity index (χ2n) is 8.77. The molecule has 0 heterocycles. The van der Waals surface area contributed by atoms with Gasteiger partial charge in [-0.05, 0) is 53.8 Å². The Kier molecular flexibility index (Phi) is 7.65. The molecule has 0 fully saturated rings. The van der Waals surface area contributed by atoms with Crippen molar-refractivity contribution in [3.63, 3.8) is 0 Å². The minimum Gasteiger partial charge on any atom is -0.449 e. The number of aliphatic hydroxyl groups excluding tert-OH is 1. The number of aliphatic hydroxyl groups is 1. The molecule has 36 heavy (non-hydrogen) atoms. The van der Waals surface area contributed by atoms with Gasteiger partial charge in [-0.15, -0.1) is 0 Å². The van der Waals surface area contributed by atoms with Crippen LogP contribution >= 0.6 is 0 Å². The predicted octanol–water partition coefficient (Wildman–Crippen LogP) is 3.55. The van der Waals surface area contributed by atoms with E-state index in [1.54, 1.807) is 31.2 Å². The summed E-state index contributed by atoms with van der Waals surface area (Å²) in [6, 6.07) is 21.1. The third kappa shape index (κ3) is 5.55. The Balaban J connectivity index is 1.27. The normalized spacial score (nSPS) is 13.6. The Labute approximate surface area is 209 Å². The molecule has 3 amide bonds. The van der Waals surface area contributed by atoms with Gasteiger partial charge < -0.3 is 25.8 Å². The van der Waals surface area contributed by atoms with E-state index in [9.17, 15) is 14.4 Å². The predicted molar refractivity (Wildman–Crippen MR) is 136 cm³/mol. The number of nitrogens with one attached hydrogen (secondary N) is 3. The molecule has 0 saturated heterocycles. The van der Waals surface area contributed by atoms with Crippen LogP contribution in [0, 0.1) is 0 Å². The molecule has 8 heteroatoms. The van der Waals surface area contributed by atoms with Crippen molar-refractivity contribution in [2.24, 2.45) is 0 Å². The van der Waals surface area contributed by atoms with Gasteiger partial charge in [-0.1, -0.05) is 60.7 Å². The van der Waals surface area contributed by atoms with Crippen molar-refractivity contribution in [2.45, 2.75) is 38.5 Å². The molecule has 0 bridgehead atoms. The lowest BCUT2D eigenvalue weighted by molar-refractivity contribution is -0.127. The molecule has 1 aliphatic carbocycles. The summed E-state index contributed by atoms with van der Waals surface area (Å²) in [4.78, 5) is 37.4. The average molecular weight is 488 g/mol. The standard InChI is InChI=1S/C28H29N3O5/c1-17(27(34)31-20-13-11-19(15-32)12-14-20)29-26(33)18(2)30-28(35)36-16-25-23-9-5-3-7-21(23)22-8-4-6-10-24(22)25/h3-14,17-18,25,32H,15-16H2,1-2H3,(H,29,33)(H,30,35)(H,31,34)/t17-,18+/m1/s1. The molecule has 0 unspecified atom stereocenters. The number of ether oxygens (including phenoxy) is 1. The quantitative estimate of drug-likeness (QED) is 0.388. The molecule has 0 spiro atoms. The fourth-order valence-corrected chi connectivity index (χ4v) is 4.23. The SMILES string of the molecule is C[C@H](NC(=O)OCC1c2ccccc2-c2ccccc21)C(=O)N[C@H](C)C(=O)Nc1ccc(CO)cc1. The van der Waals surface area contributed by atoms with E-state index in [2.05, 4.69) is 28.1 Å². The molecule has 2 atom stereocenters. The largest absolute Gasteiger partial charge is 0.449 e. The minimum absolute atomic E-state index is 0.0811. The Morgan fingerprint density at radius 1 is 0.806 bits per heavy atom. The van der Waals surface area contributed by atoms with Crippen molar-refractivity contribution in [2.75, 3.05) is 11.9 Å². The zero-order valence-electron chi connectivity index (χ0n) is 20.2. The molecule has 0 saturated carbocycles. The van der Waals surface area contributed by atoms with E-state index >= 15 is 0 Å². The highest BCUT2D eigenvalue weighted by Gasteiger charge is 2.29. The minimum atomic E-state index is -0.903. The van der Waals surface area contributed by atoms with Crippen molar-refractivity contribution < 1.29 is 24.2 Å². The van der Waals surface area contributed by atoms with Crippen molar-refractivity contribution in [3.8, 4) is 11.1 Å². The van der Waals surface area contributed by atoms with E-state index in [0.29, 0.717) is 5.69 Å². The molecular weight excluding hydrogens is 458 g/mol. The molecule has 4 rings (SSSR count). The van der Waals surface area contributed by atoms with Gasteiger partial charge in [0.2, 0.25) is 11.8 Å². The summed E-state index contributed by atoms with van der Waals surface area (Å²) >= 11 is 0. The van der Waals surface area contributed by atoms with Gasteiger partial charge in [-0.25, -0.2) is 4.79 Å². The summed E-state index contributed by atoms with van der Waals surface area (Å²) < 4.78 is 5.48. The zero-order chi connectivity index (χ0) is 25.7. The van der Waals surface area contributed by atoms with E-state index in [1.807, 2.05) is 36.4 Å². The maximum absolute atomic E-state index is 12.5. The summed E-state index contributed by atoms with van der Waals surface area (Å²) in [7, 11) is 0. The molecule has 3 aromatic rings. The number of rotatable bonds is 8. The highest BCUT2D eigenvalue weighted by Crippen LogP contribution is 2.44. The van der Waals surface area contributed by atoms with E-state index in [0.717, 1.165) is 27.8 Å². The fraction of sp³-hybridized carbons (Fsp3) is 0.250. The molecule has 3 aromatic carbocycles. The first-order valence-corrected chi connectivity index (χ1v) is 11.8. The first kappa shape index (κ1) is 24.9. The number of hydrogen-bond acceptors (Lipinski definition) is 5. The topological polar surface area (TPSA) is 117 Å². The number of hydrogen-bond donors (Lipinski definition) is 4. The van der Waals surface area contributed by atoms with Crippen LogP contribution in [-0.4, -0.2) is 41.7 Å². The monoisotopic (exact) mass is 487 g/mol. The number of amides is 3. The molecule has 4 N–H and O–H groups in total. The Hall–Kier alpha value is -4.17. The lowest BCUT2D eigenvalue weighted by atomic mass is 9.98. The average Bonchev–Trinajstić information content (AvgIpc) is 3.21. The van der Waals surface area contributed by atoms with Crippen molar-refractivity contribution >= 4 is 23.6 Å². The van der Waals surface area contributed by atoms with Gasteiger partial charge in [0.15, 0.2) is 0 Å². The molecular formula is C28H29N3O5. The van der Waals surface area contributed by atoms with Crippen LogP contribution in [0.1, 0.15) is 36.5 Å². The Bertz CT molecular complexity index is 1210. The molecule has 0 radical (unpaired) electrons. The Morgan fingerprint density at radius 2 is 1.36 bits per heavy atom. The summed E-state index contributed by atoms with van der Waals surface area (Å²) in [5.41, 5.74) is 5.73. The molecule has 8 nitrogen and oxygen atoms in total. The molecule has 1 aliphatic rings. The number of carbonyl (C=O) groups excluding carboxylic acids is 3. The van der Waals surface area contributed by atoms with Crippen LogP contribution in [0.2, 0.25) is 0 Å². The van der Waals surface area contributed by atoms with Crippen molar-refractivity contribution in [1.29, 1.82) is 0 Å². The van der Waals surface area contributed by atoms with Crippen LogP contribution in [0.5, 0.6) is 0 Å². The summed E-state index contributed by atoms with van der Waals surface area (Å²) in [5.74, 6) is -1.00. The lowest BCUT2D eigenvalue weighted by Crippen LogP contribution is -2.50. The van der Waals surface area contributed by atoms with E-state index in [-0.39, 0.29) is 19.1 Å². The molecule has 186 valence electrons. The first-order chi connectivity index (χ1) is 17.4. The van der Waals surface area contributed by atoms with E-state index in [4.69, 9.17) is 9.84 Å². The van der Waals surface area contributed by atoms with E-state index < -0.39 is 30.0 Å². The van der Waals surface area contributed by atoms with Crippen molar-refractivity contribution in [1.82, 2.24) is 10.6 Å². The summed E-state index contributed by atoms with van der Waals surface area (Å²) in [6.45, 7) is 3.13. The summed E-state index contributed by atoms with van der Waals surface area (Å²) in [6.07, 6.45) is -0.708.